The molecule has 1 rings (SSSR count). The molecule has 0 unspecified atom stereocenters. The maximum atomic E-state index is 5.34. The van der Waals surface area contributed by atoms with Gasteiger partial charge in [-0.2, -0.15) is 0 Å². The van der Waals surface area contributed by atoms with E-state index < -0.39 is 0 Å². The normalized spacial score (nSPS) is 10.8. The number of anilines is 2. The minimum atomic E-state index is 0.380. The Labute approximate surface area is 122 Å². The Morgan fingerprint density at radius 1 is 1.10 bits per heavy atom. The highest BCUT2D eigenvalue weighted by Crippen LogP contribution is 2.28. The predicted molar refractivity (Wildman–Crippen MR) is 84.5 cm³/mol. The van der Waals surface area contributed by atoms with Gasteiger partial charge in [0.2, 0.25) is 0 Å². The van der Waals surface area contributed by atoms with Crippen LogP contribution in [0.1, 0.15) is 52.0 Å². The third kappa shape index (κ3) is 5.33. The van der Waals surface area contributed by atoms with Crippen molar-refractivity contribution in [3.05, 3.63) is 11.9 Å². The van der Waals surface area contributed by atoms with Crippen LogP contribution in [-0.4, -0.2) is 36.3 Å². The fourth-order valence-electron chi connectivity index (χ4n) is 1.99. The molecule has 0 aliphatic carbocycles. The number of nitrogens with one attached hydrogen (secondary N) is 2. The third-order valence-corrected chi connectivity index (χ3v) is 2.97. The zero-order valence-corrected chi connectivity index (χ0v) is 13.2. The second kappa shape index (κ2) is 9.53. The fraction of sp³-hybridized carbons (Fsp3) is 0.733. The van der Waals surface area contributed by atoms with Gasteiger partial charge in [-0.15, -0.1) is 0 Å². The van der Waals surface area contributed by atoms with E-state index in [0.717, 1.165) is 56.3 Å². The maximum Gasteiger partial charge on any atom is 0.134 e. The van der Waals surface area contributed by atoms with Crippen molar-refractivity contribution in [2.24, 2.45) is 0 Å². The summed E-state index contributed by atoms with van der Waals surface area (Å²) in [6.07, 6.45) is 3.68. The number of hydrogen-bond donors (Lipinski definition) is 2. The van der Waals surface area contributed by atoms with Crippen LogP contribution in [0, 0.1) is 0 Å². The molecule has 0 atom stereocenters. The lowest BCUT2D eigenvalue weighted by atomic mass is 10.0. The van der Waals surface area contributed by atoms with Crippen molar-refractivity contribution in [3.8, 4) is 0 Å². The van der Waals surface area contributed by atoms with Crippen LogP contribution in [0.3, 0.4) is 0 Å². The van der Waals surface area contributed by atoms with Gasteiger partial charge in [0.1, 0.15) is 18.0 Å². The van der Waals surface area contributed by atoms with Crippen LogP contribution in [0.25, 0.3) is 0 Å². The Kier molecular flexibility index (Phi) is 7.95. The maximum absolute atomic E-state index is 5.34. The smallest absolute Gasteiger partial charge is 0.134 e. The molecule has 0 aliphatic rings. The highest BCUT2D eigenvalue weighted by Gasteiger charge is 2.14. The molecule has 0 amide bonds. The molecule has 1 heterocycles. The molecule has 0 aromatic carbocycles. The van der Waals surface area contributed by atoms with Crippen LogP contribution in [0.5, 0.6) is 0 Å². The second-order valence-electron chi connectivity index (χ2n) is 5.04. The molecule has 0 aliphatic heterocycles. The standard InChI is InChI=1S/C15H28N4O/c1-5-8-16-14-13(12(3)4)15(19-11-18-14)17-9-7-10-20-6-2/h11-12H,5-10H2,1-4H3,(H2,16,17,18,19). The van der Waals surface area contributed by atoms with E-state index in [2.05, 4.69) is 41.4 Å². The number of nitrogens with zero attached hydrogens (tertiary/aromatic N) is 2. The third-order valence-electron chi connectivity index (χ3n) is 2.97. The summed E-state index contributed by atoms with van der Waals surface area (Å²) in [5.74, 6) is 2.26. The first-order valence-electron chi connectivity index (χ1n) is 7.61. The molecule has 20 heavy (non-hydrogen) atoms. The Morgan fingerprint density at radius 2 is 1.75 bits per heavy atom. The van der Waals surface area contributed by atoms with Crippen LogP contribution in [0.15, 0.2) is 6.33 Å². The van der Waals surface area contributed by atoms with Crippen molar-refractivity contribution in [1.82, 2.24) is 9.97 Å². The average molecular weight is 280 g/mol. The van der Waals surface area contributed by atoms with Crippen molar-refractivity contribution in [1.29, 1.82) is 0 Å². The molecule has 2 N–H and O–H groups in total. The van der Waals surface area contributed by atoms with Gasteiger partial charge in [-0.25, -0.2) is 9.97 Å². The summed E-state index contributed by atoms with van der Waals surface area (Å²) in [4.78, 5) is 8.75. The number of rotatable bonds is 10. The van der Waals surface area contributed by atoms with E-state index in [9.17, 15) is 0 Å². The minimum absolute atomic E-state index is 0.380. The van der Waals surface area contributed by atoms with Crippen molar-refractivity contribution < 1.29 is 4.74 Å². The van der Waals surface area contributed by atoms with Gasteiger partial charge in [0.05, 0.1) is 0 Å². The number of ether oxygens (including phenoxy) is 1. The van der Waals surface area contributed by atoms with Gasteiger partial charge in [-0.1, -0.05) is 20.8 Å². The van der Waals surface area contributed by atoms with Crippen LogP contribution in [0.4, 0.5) is 11.6 Å². The Morgan fingerprint density at radius 3 is 2.30 bits per heavy atom. The SMILES string of the molecule is CCCNc1ncnc(NCCCOCC)c1C(C)C. The summed E-state index contributed by atoms with van der Waals surface area (Å²) in [6.45, 7) is 11.9. The van der Waals surface area contributed by atoms with E-state index in [1.807, 2.05) is 6.92 Å². The highest BCUT2D eigenvalue weighted by atomic mass is 16.5. The molecular weight excluding hydrogens is 252 g/mol. The summed E-state index contributed by atoms with van der Waals surface area (Å²) in [5, 5.41) is 6.78. The topological polar surface area (TPSA) is 59.1 Å². The molecule has 5 nitrogen and oxygen atoms in total. The lowest BCUT2D eigenvalue weighted by Gasteiger charge is -2.17. The van der Waals surface area contributed by atoms with Gasteiger partial charge in [-0.05, 0) is 25.7 Å². The number of aromatic nitrogens is 2. The van der Waals surface area contributed by atoms with Crippen molar-refractivity contribution in [2.75, 3.05) is 36.9 Å². The van der Waals surface area contributed by atoms with Gasteiger partial charge in [0.25, 0.3) is 0 Å². The molecule has 1 aromatic heterocycles. The van der Waals surface area contributed by atoms with Gasteiger partial charge in [0, 0.05) is 31.9 Å². The molecular formula is C15H28N4O. The zero-order valence-electron chi connectivity index (χ0n) is 13.2. The molecule has 0 spiro atoms. The van der Waals surface area contributed by atoms with Crippen LogP contribution < -0.4 is 10.6 Å². The molecule has 0 radical (unpaired) electrons. The fourth-order valence-corrected chi connectivity index (χ4v) is 1.99. The van der Waals surface area contributed by atoms with E-state index in [1.54, 1.807) is 6.33 Å². The van der Waals surface area contributed by atoms with E-state index in [0.29, 0.717) is 5.92 Å². The first-order valence-corrected chi connectivity index (χ1v) is 7.61. The Bertz CT molecular complexity index is 382. The van der Waals surface area contributed by atoms with Gasteiger partial charge in [0.15, 0.2) is 0 Å². The van der Waals surface area contributed by atoms with Crippen LogP contribution in [0.2, 0.25) is 0 Å². The van der Waals surface area contributed by atoms with Crippen LogP contribution >= 0.6 is 0 Å². The van der Waals surface area contributed by atoms with Gasteiger partial charge >= 0.3 is 0 Å². The minimum Gasteiger partial charge on any atom is -0.382 e. The van der Waals surface area contributed by atoms with Crippen molar-refractivity contribution in [3.63, 3.8) is 0 Å². The lowest BCUT2D eigenvalue weighted by Crippen LogP contribution is -2.13. The summed E-state index contributed by atoms with van der Waals surface area (Å²) >= 11 is 0. The molecule has 0 bridgehead atoms. The van der Waals surface area contributed by atoms with Crippen LogP contribution in [-0.2, 0) is 4.74 Å². The first-order chi connectivity index (χ1) is 9.70. The van der Waals surface area contributed by atoms with E-state index in [1.165, 1.54) is 0 Å². The zero-order chi connectivity index (χ0) is 14.8. The van der Waals surface area contributed by atoms with Gasteiger partial charge in [-0.3, -0.25) is 0 Å². The molecule has 5 heteroatoms. The summed E-state index contributed by atoms with van der Waals surface area (Å²) in [5.41, 5.74) is 1.16. The summed E-state index contributed by atoms with van der Waals surface area (Å²) in [6, 6.07) is 0. The molecule has 1 aromatic rings. The second-order valence-corrected chi connectivity index (χ2v) is 5.04. The molecule has 0 saturated carbocycles. The number of hydrogen-bond acceptors (Lipinski definition) is 5. The Hall–Kier alpha value is -1.36. The largest absolute Gasteiger partial charge is 0.382 e. The quantitative estimate of drug-likeness (QED) is 0.644. The van der Waals surface area contributed by atoms with Crippen molar-refractivity contribution in [2.45, 2.75) is 46.5 Å². The van der Waals surface area contributed by atoms with Gasteiger partial charge < -0.3 is 15.4 Å². The highest BCUT2D eigenvalue weighted by molar-refractivity contribution is 5.58. The van der Waals surface area contributed by atoms with E-state index >= 15 is 0 Å². The summed E-state index contributed by atoms with van der Waals surface area (Å²) in [7, 11) is 0. The molecule has 0 fully saturated rings. The Balaban J connectivity index is 2.68. The predicted octanol–water partition coefficient (Wildman–Crippen LogP) is 3.26. The molecule has 0 saturated heterocycles. The van der Waals surface area contributed by atoms with Crippen molar-refractivity contribution >= 4 is 11.6 Å². The van der Waals surface area contributed by atoms with E-state index in [4.69, 9.17) is 4.74 Å². The monoisotopic (exact) mass is 280 g/mol. The summed E-state index contributed by atoms with van der Waals surface area (Å²) < 4.78 is 5.34. The van der Waals surface area contributed by atoms with E-state index in [-0.39, 0.29) is 0 Å². The average Bonchev–Trinajstić information content (AvgIpc) is 2.44. The lowest BCUT2D eigenvalue weighted by molar-refractivity contribution is 0.147. The molecule has 114 valence electrons. The first kappa shape index (κ1) is 16.7.